The van der Waals surface area contributed by atoms with Gasteiger partial charge in [-0.25, -0.2) is 13.2 Å². The number of carbonyl (C=O) groups excluding carboxylic acids is 1. The summed E-state index contributed by atoms with van der Waals surface area (Å²) in [4.78, 5) is 28.2. The second-order valence-electron chi connectivity index (χ2n) is 6.79. The predicted molar refractivity (Wildman–Crippen MR) is 95.7 cm³/mol. The molecule has 4 rings (SSSR count). The molecule has 146 valence electrons. The van der Waals surface area contributed by atoms with E-state index in [0.29, 0.717) is 44.7 Å². The van der Waals surface area contributed by atoms with Crippen molar-refractivity contribution in [1.82, 2.24) is 14.2 Å². The van der Waals surface area contributed by atoms with E-state index >= 15 is 0 Å². The maximum atomic E-state index is 12.9. The molecule has 1 N–H and O–H groups in total. The molecule has 0 aliphatic carbocycles. The summed E-state index contributed by atoms with van der Waals surface area (Å²) < 4.78 is 37.4. The van der Waals surface area contributed by atoms with Gasteiger partial charge in [0.2, 0.25) is 15.9 Å². The van der Waals surface area contributed by atoms with Gasteiger partial charge < -0.3 is 14.1 Å². The lowest BCUT2D eigenvalue weighted by atomic mass is 9.96. The highest BCUT2D eigenvalue weighted by Crippen LogP contribution is 2.26. The normalized spacial score (nSPS) is 20.2. The van der Waals surface area contributed by atoms with E-state index in [4.69, 9.17) is 9.15 Å². The van der Waals surface area contributed by atoms with E-state index in [9.17, 15) is 18.0 Å². The molecule has 0 radical (unpaired) electrons. The smallest absolute Gasteiger partial charge is 0.408 e. The van der Waals surface area contributed by atoms with Crippen LogP contribution in [0.3, 0.4) is 0 Å². The number of hydrogen-bond donors (Lipinski definition) is 1. The van der Waals surface area contributed by atoms with Gasteiger partial charge >= 0.3 is 5.76 Å². The number of aromatic amines is 1. The molecule has 10 heteroatoms. The van der Waals surface area contributed by atoms with E-state index in [0.717, 1.165) is 0 Å². The summed E-state index contributed by atoms with van der Waals surface area (Å²) in [5.41, 5.74) is 0.659. The summed E-state index contributed by atoms with van der Waals surface area (Å²) in [6.45, 7) is 2.88. The van der Waals surface area contributed by atoms with Crippen LogP contribution in [0.2, 0.25) is 0 Å². The zero-order valence-corrected chi connectivity index (χ0v) is 15.5. The third-order valence-corrected chi connectivity index (χ3v) is 7.05. The van der Waals surface area contributed by atoms with Crippen LogP contribution in [0.4, 0.5) is 0 Å². The van der Waals surface area contributed by atoms with Gasteiger partial charge in [0.1, 0.15) is 0 Å². The molecule has 2 aliphatic rings. The number of amides is 1. The highest BCUT2D eigenvalue weighted by Gasteiger charge is 2.34. The number of nitrogens with zero attached hydrogens (tertiary/aromatic N) is 2. The molecule has 0 saturated carbocycles. The van der Waals surface area contributed by atoms with Crippen LogP contribution in [-0.2, 0) is 19.6 Å². The van der Waals surface area contributed by atoms with Gasteiger partial charge in [-0.15, -0.1) is 0 Å². The Hall–Kier alpha value is -2.17. The number of H-pyrrole nitrogens is 1. The summed E-state index contributed by atoms with van der Waals surface area (Å²) in [5, 5.41) is 0. The number of aromatic nitrogens is 1. The Labute approximate surface area is 155 Å². The molecule has 27 heavy (non-hydrogen) atoms. The molecule has 3 heterocycles. The minimum Gasteiger partial charge on any atom is -0.408 e. The van der Waals surface area contributed by atoms with Gasteiger partial charge in [-0.2, -0.15) is 4.31 Å². The molecule has 2 aromatic rings. The maximum Gasteiger partial charge on any atom is 0.417 e. The Balaban J connectivity index is 1.45. The van der Waals surface area contributed by atoms with Crippen molar-refractivity contribution in [2.45, 2.75) is 17.7 Å². The van der Waals surface area contributed by atoms with E-state index < -0.39 is 15.8 Å². The van der Waals surface area contributed by atoms with Gasteiger partial charge in [0.25, 0.3) is 0 Å². The van der Waals surface area contributed by atoms with Crippen LogP contribution in [0.25, 0.3) is 11.1 Å². The predicted octanol–water partition coefficient (Wildman–Crippen LogP) is 0.381. The number of hydrogen-bond acceptors (Lipinski definition) is 6. The topological polar surface area (TPSA) is 113 Å². The molecule has 0 atom stereocenters. The summed E-state index contributed by atoms with van der Waals surface area (Å²) in [6.07, 6.45) is 0.994. The second kappa shape index (κ2) is 7.10. The number of sulfonamides is 1. The highest BCUT2D eigenvalue weighted by molar-refractivity contribution is 7.89. The lowest BCUT2D eigenvalue weighted by molar-refractivity contribution is -0.140. The van der Waals surface area contributed by atoms with Gasteiger partial charge in [0, 0.05) is 38.2 Å². The number of oxazole rings is 1. The summed E-state index contributed by atoms with van der Waals surface area (Å²) in [5.74, 6) is -0.687. The van der Waals surface area contributed by atoms with Crippen LogP contribution < -0.4 is 5.76 Å². The molecule has 2 aliphatic heterocycles. The minimum absolute atomic E-state index is 0.0794. The zero-order chi connectivity index (χ0) is 19.0. The van der Waals surface area contributed by atoms with Crippen LogP contribution in [0.15, 0.2) is 32.3 Å². The molecule has 0 unspecified atom stereocenters. The standard InChI is InChI=1S/C17H21N3O6S/c21-16(19-7-9-25-10-8-19)12-3-5-20(6-4-12)27(23,24)13-1-2-14-15(11-13)26-17(22)18-14/h1-2,11-12H,3-10H2,(H,18,22). The lowest BCUT2D eigenvalue weighted by Crippen LogP contribution is -2.47. The van der Waals surface area contributed by atoms with Crippen molar-refractivity contribution in [2.75, 3.05) is 39.4 Å². The minimum atomic E-state index is -3.71. The van der Waals surface area contributed by atoms with Gasteiger partial charge in [0.15, 0.2) is 5.58 Å². The first kappa shape index (κ1) is 18.2. The van der Waals surface area contributed by atoms with Crippen molar-refractivity contribution in [3.05, 3.63) is 28.7 Å². The molecule has 0 spiro atoms. The Bertz CT molecular complexity index is 997. The summed E-state index contributed by atoms with van der Waals surface area (Å²) in [7, 11) is -3.71. The number of piperidine rings is 1. The lowest BCUT2D eigenvalue weighted by Gasteiger charge is -2.35. The molecule has 2 fully saturated rings. The number of ether oxygens (including phenoxy) is 1. The number of morpholine rings is 1. The molecule has 9 nitrogen and oxygen atoms in total. The molecule has 1 aromatic heterocycles. The number of rotatable bonds is 3. The van der Waals surface area contributed by atoms with Crippen LogP contribution in [0.5, 0.6) is 0 Å². The Morgan fingerprint density at radius 3 is 2.52 bits per heavy atom. The molecule has 0 bridgehead atoms. The largest absolute Gasteiger partial charge is 0.417 e. The van der Waals surface area contributed by atoms with Crippen LogP contribution in [0.1, 0.15) is 12.8 Å². The fraction of sp³-hybridized carbons (Fsp3) is 0.529. The molecule has 1 aromatic carbocycles. The number of benzene rings is 1. The third-order valence-electron chi connectivity index (χ3n) is 5.16. The van der Waals surface area contributed by atoms with E-state index in [-0.39, 0.29) is 35.4 Å². The van der Waals surface area contributed by atoms with Crippen molar-refractivity contribution in [2.24, 2.45) is 5.92 Å². The molecule has 2 saturated heterocycles. The fourth-order valence-corrected chi connectivity index (χ4v) is 5.11. The average Bonchev–Trinajstić information content (AvgIpc) is 3.07. The first-order chi connectivity index (χ1) is 12.9. The maximum absolute atomic E-state index is 12.9. The number of nitrogens with one attached hydrogen (secondary N) is 1. The van der Waals surface area contributed by atoms with Crippen LogP contribution in [0, 0.1) is 5.92 Å². The SMILES string of the molecule is O=C(C1CCN(S(=O)(=O)c2ccc3[nH]c(=O)oc3c2)CC1)N1CCOCC1. The van der Waals surface area contributed by atoms with Gasteiger partial charge in [-0.1, -0.05) is 0 Å². The van der Waals surface area contributed by atoms with Crippen molar-refractivity contribution in [1.29, 1.82) is 0 Å². The Kier molecular flexibility index (Phi) is 4.79. The Morgan fingerprint density at radius 1 is 1.11 bits per heavy atom. The van der Waals surface area contributed by atoms with Gasteiger partial charge in [0.05, 0.1) is 23.6 Å². The van der Waals surface area contributed by atoms with E-state index in [1.807, 2.05) is 0 Å². The van der Waals surface area contributed by atoms with E-state index in [2.05, 4.69) is 4.98 Å². The first-order valence-corrected chi connectivity index (χ1v) is 10.4. The van der Waals surface area contributed by atoms with Crippen LogP contribution >= 0.6 is 0 Å². The number of carbonyl (C=O) groups is 1. The van der Waals surface area contributed by atoms with Gasteiger partial charge in [-0.3, -0.25) is 9.78 Å². The van der Waals surface area contributed by atoms with Crippen molar-refractivity contribution < 1.29 is 22.4 Å². The second-order valence-corrected chi connectivity index (χ2v) is 8.73. The Morgan fingerprint density at radius 2 is 1.81 bits per heavy atom. The van der Waals surface area contributed by atoms with Crippen molar-refractivity contribution in [3.63, 3.8) is 0 Å². The van der Waals surface area contributed by atoms with Gasteiger partial charge in [-0.05, 0) is 25.0 Å². The average molecular weight is 395 g/mol. The van der Waals surface area contributed by atoms with E-state index in [1.165, 1.54) is 22.5 Å². The first-order valence-electron chi connectivity index (χ1n) is 8.95. The third kappa shape index (κ3) is 3.52. The van der Waals surface area contributed by atoms with E-state index in [1.54, 1.807) is 4.90 Å². The van der Waals surface area contributed by atoms with Crippen molar-refractivity contribution in [3.8, 4) is 0 Å². The molecular formula is C17H21N3O6S. The molecule has 1 amide bonds. The quantitative estimate of drug-likeness (QED) is 0.804. The zero-order valence-electron chi connectivity index (χ0n) is 14.7. The molecular weight excluding hydrogens is 374 g/mol. The van der Waals surface area contributed by atoms with Crippen molar-refractivity contribution >= 4 is 27.0 Å². The summed E-state index contributed by atoms with van der Waals surface area (Å²) in [6, 6.07) is 4.32. The van der Waals surface area contributed by atoms with Crippen LogP contribution in [-0.4, -0.2) is 67.9 Å². The number of fused-ring (bicyclic) bond motifs is 1. The summed E-state index contributed by atoms with van der Waals surface area (Å²) >= 11 is 0. The highest BCUT2D eigenvalue weighted by atomic mass is 32.2. The fourth-order valence-electron chi connectivity index (χ4n) is 3.62. The monoisotopic (exact) mass is 395 g/mol.